The molecule has 39 heavy (non-hydrogen) atoms. The van der Waals surface area contributed by atoms with Gasteiger partial charge in [0, 0.05) is 68.3 Å². The smallest absolute Gasteiger partial charge is 0.320 e. The Kier molecular flexibility index (Phi) is 14.0. The zero-order valence-corrected chi connectivity index (χ0v) is 24.4. The predicted molar refractivity (Wildman–Crippen MR) is 150 cm³/mol. The molecule has 0 aromatic carbocycles. The van der Waals surface area contributed by atoms with E-state index in [-0.39, 0.29) is 49.6 Å². The van der Waals surface area contributed by atoms with Crippen molar-refractivity contribution in [1.82, 2.24) is 20.0 Å². The first-order valence-corrected chi connectivity index (χ1v) is 16.0. The minimum Gasteiger partial charge on any atom is -0.480 e. The second-order valence-electron chi connectivity index (χ2n) is 8.92. The van der Waals surface area contributed by atoms with Gasteiger partial charge in [-0.3, -0.25) is 48.3 Å². The highest BCUT2D eigenvalue weighted by atomic mass is 33.1. The molecule has 15 heteroatoms. The lowest BCUT2D eigenvalue weighted by atomic mass is 10.2. The number of nitrogens with zero attached hydrogens (tertiary/aromatic N) is 3. The summed E-state index contributed by atoms with van der Waals surface area (Å²) in [6.45, 7) is 2.26. The standard InChI is InChI=1S/C24H34N4O8S3/c1-16(24(35)36)26(2)15-17(29)6-11-38-39-12-7-19(30)25-8-13-37-18-14-22(33)28(23(18)34)10-3-9-27-20(31)4-5-21(27)32/h4-5,16,18H,3,6-15H2,1-2H3,(H,25,30)(H,35,36)/t16-,18?/m0/s1. The first-order valence-electron chi connectivity index (χ1n) is 12.5. The van der Waals surface area contributed by atoms with Crippen molar-refractivity contribution in [3.05, 3.63) is 12.2 Å². The van der Waals surface area contributed by atoms with E-state index in [9.17, 15) is 33.6 Å². The summed E-state index contributed by atoms with van der Waals surface area (Å²) in [6, 6.07) is -0.723. The van der Waals surface area contributed by atoms with Crippen LogP contribution in [0, 0.1) is 0 Å². The topological polar surface area (TPSA) is 161 Å². The van der Waals surface area contributed by atoms with Gasteiger partial charge in [-0.25, -0.2) is 0 Å². The number of nitrogens with one attached hydrogen (secondary N) is 1. The van der Waals surface area contributed by atoms with Crippen molar-refractivity contribution in [3.8, 4) is 0 Å². The molecule has 12 nitrogen and oxygen atoms in total. The maximum Gasteiger partial charge on any atom is 0.320 e. The molecule has 0 radical (unpaired) electrons. The van der Waals surface area contributed by atoms with Crippen LogP contribution in [0.2, 0.25) is 0 Å². The summed E-state index contributed by atoms with van der Waals surface area (Å²) in [7, 11) is 4.57. The number of hydrogen-bond donors (Lipinski definition) is 2. The van der Waals surface area contributed by atoms with E-state index in [1.807, 2.05) is 0 Å². The Morgan fingerprint density at radius 1 is 1.03 bits per heavy atom. The van der Waals surface area contributed by atoms with Crippen LogP contribution in [-0.2, 0) is 33.6 Å². The third-order valence-electron chi connectivity index (χ3n) is 6.01. The molecule has 2 N–H and O–H groups in total. The molecule has 1 saturated heterocycles. The van der Waals surface area contributed by atoms with Crippen LogP contribution in [0.15, 0.2) is 12.2 Å². The van der Waals surface area contributed by atoms with E-state index in [1.165, 1.54) is 62.2 Å². The summed E-state index contributed by atoms with van der Waals surface area (Å²) in [5, 5.41) is 11.2. The van der Waals surface area contributed by atoms with Crippen LogP contribution >= 0.6 is 33.3 Å². The fourth-order valence-corrected chi connectivity index (χ4v) is 6.68. The van der Waals surface area contributed by atoms with E-state index in [4.69, 9.17) is 5.11 Å². The van der Waals surface area contributed by atoms with E-state index < -0.39 is 29.1 Å². The number of hydrogen-bond acceptors (Lipinski definition) is 11. The number of carbonyl (C=O) groups is 7. The van der Waals surface area contributed by atoms with Gasteiger partial charge in [0.2, 0.25) is 17.7 Å². The van der Waals surface area contributed by atoms with Crippen LogP contribution < -0.4 is 5.32 Å². The number of likely N-dealkylation sites (tertiary alicyclic amines) is 1. The molecule has 0 saturated carbocycles. The molecule has 0 aromatic rings. The van der Waals surface area contributed by atoms with Gasteiger partial charge in [-0.1, -0.05) is 21.6 Å². The van der Waals surface area contributed by atoms with E-state index in [0.29, 0.717) is 43.1 Å². The Morgan fingerprint density at radius 3 is 2.28 bits per heavy atom. The quantitative estimate of drug-likeness (QED) is 0.119. The summed E-state index contributed by atoms with van der Waals surface area (Å²) in [4.78, 5) is 86.6. The van der Waals surface area contributed by atoms with Crippen LogP contribution in [0.1, 0.15) is 32.6 Å². The summed E-state index contributed by atoms with van der Waals surface area (Å²) in [5.41, 5.74) is 0. The number of likely N-dealkylation sites (N-methyl/N-ethyl adjacent to an activating group) is 1. The number of Topliss-reactive ketones (excluding diaryl/α,β-unsaturated/α-hetero) is 1. The molecule has 2 rings (SSSR count). The first kappa shape index (κ1) is 32.8. The third kappa shape index (κ3) is 11.0. The first-order chi connectivity index (χ1) is 18.5. The van der Waals surface area contributed by atoms with Gasteiger partial charge in [-0.05, 0) is 20.4 Å². The number of carbonyl (C=O) groups excluding carboxylic acids is 6. The van der Waals surface area contributed by atoms with E-state index >= 15 is 0 Å². The van der Waals surface area contributed by atoms with Gasteiger partial charge in [0.15, 0.2) is 0 Å². The number of rotatable bonds is 19. The van der Waals surface area contributed by atoms with Crippen molar-refractivity contribution in [2.24, 2.45) is 0 Å². The number of imide groups is 2. The van der Waals surface area contributed by atoms with Crippen LogP contribution in [-0.4, -0.2) is 123 Å². The van der Waals surface area contributed by atoms with Gasteiger partial charge in [-0.15, -0.1) is 11.8 Å². The molecule has 5 amide bonds. The maximum absolute atomic E-state index is 12.6. The zero-order chi connectivity index (χ0) is 28.9. The molecule has 216 valence electrons. The van der Waals surface area contributed by atoms with E-state index in [2.05, 4.69) is 5.32 Å². The second-order valence-corrected chi connectivity index (χ2v) is 12.9. The number of aliphatic carboxylic acids is 1. The Labute approximate surface area is 239 Å². The van der Waals surface area contributed by atoms with E-state index in [1.54, 1.807) is 7.05 Å². The number of carboxylic acids is 1. The molecule has 0 aliphatic carbocycles. The molecule has 0 bridgehead atoms. The molecule has 2 heterocycles. The van der Waals surface area contributed by atoms with Gasteiger partial charge in [0.25, 0.3) is 11.8 Å². The number of carboxylic acid groups (broad SMARTS) is 1. The molecule has 0 aromatic heterocycles. The van der Waals surface area contributed by atoms with Gasteiger partial charge in [0.05, 0.1) is 11.8 Å². The monoisotopic (exact) mass is 602 g/mol. The largest absolute Gasteiger partial charge is 0.480 e. The van der Waals surface area contributed by atoms with Crippen LogP contribution in [0.25, 0.3) is 0 Å². The Bertz CT molecular complexity index is 974. The summed E-state index contributed by atoms with van der Waals surface area (Å²) < 4.78 is 0. The number of amides is 5. The van der Waals surface area contributed by atoms with Gasteiger partial charge in [0.1, 0.15) is 11.8 Å². The number of thioether (sulfide) groups is 1. The summed E-state index contributed by atoms with van der Waals surface area (Å²) >= 11 is 1.31. The highest BCUT2D eigenvalue weighted by Crippen LogP contribution is 2.25. The van der Waals surface area contributed by atoms with Crippen molar-refractivity contribution in [2.75, 3.05) is 50.5 Å². The van der Waals surface area contributed by atoms with Crippen molar-refractivity contribution < 1.29 is 38.7 Å². The lowest BCUT2D eigenvalue weighted by molar-refractivity contribution is -0.143. The lowest BCUT2D eigenvalue weighted by Crippen LogP contribution is -2.39. The Hall–Kier alpha value is -2.36. The normalized spacial score (nSPS) is 18.0. The van der Waals surface area contributed by atoms with Crippen molar-refractivity contribution in [2.45, 2.75) is 43.9 Å². The van der Waals surface area contributed by atoms with Gasteiger partial charge < -0.3 is 10.4 Å². The molecule has 1 unspecified atom stereocenters. The maximum atomic E-state index is 12.6. The van der Waals surface area contributed by atoms with Gasteiger partial charge >= 0.3 is 5.97 Å². The molecule has 2 aliphatic rings. The van der Waals surface area contributed by atoms with Gasteiger partial charge in [-0.2, -0.15) is 0 Å². The van der Waals surface area contributed by atoms with Crippen molar-refractivity contribution in [1.29, 1.82) is 0 Å². The minimum atomic E-state index is -0.973. The molecule has 0 spiro atoms. The summed E-state index contributed by atoms with van der Waals surface area (Å²) in [6.07, 6.45) is 3.43. The molecule has 2 atom stereocenters. The Balaban J connectivity index is 1.50. The predicted octanol–water partition coefficient (Wildman–Crippen LogP) is 0.414. The summed E-state index contributed by atoms with van der Waals surface area (Å²) in [5.74, 6) is -0.867. The molecule has 2 aliphatic heterocycles. The highest BCUT2D eigenvalue weighted by Gasteiger charge is 2.38. The van der Waals surface area contributed by atoms with Crippen molar-refractivity contribution >= 4 is 74.6 Å². The molecule has 1 fully saturated rings. The fraction of sp³-hybridized carbons (Fsp3) is 0.625. The fourth-order valence-electron chi connectivity index (χ4n) is 3.63. The minimum absolute atomic E-state index is 0.0351. The third-order valence-corrected chi connectivity index (χ3v) is 9.63. The van der Waals surface area contributed by atoms with Crippen molar-refractivity contribution in [3.63, 3.8) is 0 Å². The van der Waals surface area contributed by atoms with Crippen LogP contribution in [0.5, 0.6) is 0 Å². The zero-order valence-electron chi connectivity index (χ0n) is 22.0. The lowest BCUT2D eigenvalue weighted by Gasteiger charge is -2.19. The average molecular weight is 603 g/mol. The number of ketones is 1. The van der Waals surface area contributed by atoms with Crippen LogP contribution in [0.3, 0.4) is 0 Å². The Morgan fingerprint density at radius 2 is 1.64 bits per heavy atom. The molecular weight excluding hydrogens is 568 g/mol. The van der Waals surface area contributed by atoms with E-state index in [0.717, 1.165) is 4.90 Å². The SMILES string of the molecule is C[C@@H](C(=O)O)N(C)CC(=O)CCSSCCC(=O)NCCSC1CC(=O)N(CCCN2C(=O)C=CC2=O)C1=O. The molecular formula is C24H34N4O8S3. The van der Waals surface area contributed by atoms with Crippen LogP contribution in [0.4, 0.5) is 0 Å². The highest BCUT2D eigenvalue weighted by molar-refractivity contribution is 8.76. The second kappa shape index (κ2) is 16.7. The average Bonchev–Trinajstić information content (AvgIpc) is 3.35.